The molecule has 0 unspecified atom stereocenters. The summed E-state index contributed by atoms with van der Waals surface area (Å²) >= 11 is 0. The molecular formula is C19H30N2O4. The topological polar surface area (TPSA) is 74.9 Å². The van der Waals surface area contributed by atoms with Gasteiger partial charge >= 0.3 is 0 Å². The number of amides is 1. The maximum Gasteiger partial charge on any atom is 0.220 e. The molecule has 6 heteroatoms. The molecule has 2 fully saturated rings. The third kappa shape index (κ3) is 5.83. The van der Waals surface area contributed by atoms with Crippen molar-refractivity contribution < 1.29 is 19.1 Å². The van der Waals surface area contributed by atoms with Gasteiger partial charge in [0.1, 0.15) is 18.1 Å². The number of likely N-dealkylation sites (tertiary alicyclic amines) is 1. The summed E-state index contributed by atoms with van der Waals surface area (Å²) in [5.74, 6) is 2.33. The Morgan fingerprint density at radius 3 is 2.72 bits per heavy atom. The lowest BCUT2D eigenvalue weighted by molar-refractivity contribution is -0.122. The normalized spacial score (nSPS) is 22.4. The molecule has 0 spiro atoms. The Hall–Kier alpha value is -1.37. The summed E-state index contributed by atoms with van der Waals surface area (Å²) in [6.07, 6.45) is 6.25. The number of ether oxygens (including phenoxy) is 1. The van der Waals surface area contributed by atoms with Gasteiger partial charge in [-0.25, -0.2) is 0 Å². The van der Waals surface area contributed by atoms with Crippen molar-refractivity contribution in [1.29, 1.82) is 0 Å². The SMILES string of the molecule is O=C(CCC1CCN(Cc2ccc(CO)o2)CC1)NC[C@H]1CCCO1. The van der Waals surface area contributed by atoms with E-state index in [0.29, 0.717) is 24.6 Å². The quantitative estimate of drug-likeness (QED) is 0.751. The standard InChI is InChI=1S/C19H30N2O4/c22-14-18-5-4-17(25-18)13-21-9-7-15(8-10-21)3-6-19(23)20-12-16-2-1-11-24-16/h4-5,15-16,22H,1-3,6-14H2,(H,20,23)/t16-/m1/s1. The zero-order valence-corrected chi connectivity index (χ0v) is 14.9. The van der Waals surface area contributed by atoms with Crippen LogP contribution in [0.1, 0.15) is 50.0 Å². The highest BCUT2D eigenvalue weighted by molar-refractivity contribution is 5.75. The summed E-state index contributed by atoms with van der Waals surface area (Å²) < 4.78 is 11.1. The highest BCUT2D eigenvalue weighted by Crippen LogP contribution is 2.23. The van der Waals surface area contributed by atoms with E-state index in [4.69, 9.17) is 14.3 Å². The smallest absolute Gasteiger partial charge is 0.220 e. The number of piperidine rings is 1. The molecule has 0 aliphatic carbocycles. The Balaban J connectivity index is 1.28. The molecule has 6 nitrogen and oxygen atoms in total. The van der Waals surface area contributed by atoms with E-state index in [9.17, 15) is 4.79 Å². The molecule has 2 aliphatic rings. The van der Waals surface area contributed by atoms with Gasteiger partial charge < -0.3 is 19.6 Å². The molecule has 25 heavy (non-hydrogen) atoms. The second kappa shape index (κ2) is 9.36. The molecule has 3 heterocycles. The van der Waals surface area contributed by atoms with E-state index < -0.39 is 0 Å². The van der Waals surface area contributed by atoms with E-state index in [1.165, 1.54) is 0 Å². The second-order valence-corrected chi connectivity index (χ2v) is 7.22. The lowest BCUT2D eigenvalue weighted by atomic mass is 9.92. The van der Waals surface area contributed by atoms with Crippen molar-refractivity contribution in [3.63, 3.8) is 0 Å². The van der Waals surface area contributed by atoms with Crippen LogP contribution < -0.4 is 5.32 Å². The first-order valence-electron chi connectivity index (χ1n) is 9.52. The monoisotopic (exact) mass is 350 g/mol. The summed E-state index contributed by atoms with van der Waals surface area (Å²) in [5, 5.41) is 12.1. The molecule has 3 rings (SSSR count). The minimum atomic E-state index is -0.0446. The maximum atomic E-state index is 12.0. The molecule has 140 valence electrons. The van der Waals surface area contributed by atoms with Crippen molar-refractivity contribution in [3.8, 4) is 0 Å². The third-order valence-corrected chi connectivity index (χ3v) is 5.29. The van der Waals surface area contributed by atoms with E-state index in [1.807, 2.05) is 12.1 Å². The van der Waals surface area contributed by atoms with E-state index in [2.05, 4.69) is 10.2 Å². The minimum Gasteiger partial charge on any atom is -0.462 e. The van der Waals surface area contributed by atoms with Gasteiger partial charge in [0, 0.05) is 19.6 Å². The summed E-state index contributed by atoms with van der Waals surface area (Å²) in [5.41, 5.74) is 0. The first-order valence-corrected chi connectivity index (χ1v) is 9.52. The highest BCUT2D eigenvalue weighted by atomic mass is 16.5. The Morgan fingerprint density at radius 1 is 1.24 bits per heavy atom. The van der Waals surface area contributed by atoms with E-state index in [0.717, 1.165) is 64.1 Å². The van der Waals surface area contributed by atoms with Crippen LogP contribution in [0.2, 0.25) is 0 Å². The van der Waals surface area contributed by atoms with Crippen LogP contribution in [0.4, 0.5) is 0 Å². The molecule has 0 saturated carbocycles. The number of nitrogens with zero attached hydrogens (tertiary/aromatic N) is 1. The fourth-order valence-corrected chi connectivity index (χ4v) is 3.70. The molecular weight excluding hydrogens is 320 g/mol. The fourth-order valence-electron chi connectivity index (χ4n) is 3.70. The van der Waals surface area contributed by atoms with Crippen molar-refractivity contribution in [2.24, 2.45) is 5.92 Å². The number of carbonyl (C=O) groups excluding carboxylic acids is 1. The van der Waals surface area contributed by atoms with Crippen molar-refractivity contribution >= 4 is 5.91 Å². The largest absolute Gasteiger partial charge is 0.462 e. The number of aliphatic hydroxyl groups is 1. The average Bonchev–Trinajstić information content (AvgIpc) is 3.31. The predicted octanol–water partition coefficient (Wildman–Crippen LogP) is 2.06. The molecule has 1 aromatic heterocycles. The van der Waals surface area contributed by atoms with Crippen LogP contribution in [0.25, 0.3) is 0 Å². The van der Waals surface area contributed by atoms with Crippen molar-refractivity contribution in [2.75, 3.05) is 26.2 Å². The predicted molar refractivity (Wildman–Crippen MR) is 93.8 cm³/mol. The lowest BCUT2D eigenvalue weighted by Gasteiger charge is -2.31. The van der Waals surface area contributed by atoms with Gasteiger partial charge in [0.2, 0.25) is 5.91 Å². The van der Waals surface area contributed by atoms with Crippen LogP contribution in [0.15, 0.2) is 16.5 Å². The van der Waals surface area contributed by atoms with Gasteiger partial charge in [-0.2, -0.15) is 0 Å². The minimum absolute atomic E-state index is 0.0446. The van der Waals surface area contributed by atoms with Gasteiger partial charge in [-0.1, -0.05) is 0 Å². The van der Waals surface area contributed by atoms with Gasteiger partial charge in [0.05, 0.1) is 12.6 Å². The van der Waals surface area contributed by atoms with Crippen molar-refractivity contribution in [2.45, 2.75) is 57.8 Å². The van der Waals surface area contributed by atoms with Gasteiger partial charge in [0.15, 0.2) is 0 Å². The summed E-state index contributed by atoms with van der Waals surface area (Å²) in [6, 6.07) is 3.77. The zero-order valence-electron chi connectivity index (χ0n) is 14.9. The van der Waals surface area contributed by atoms with Crippen LogP contribution in [0.5, 0.6) is 0 Å². The lowest BCUT2D eigenvalue weighted by Crippen LogP contribution is -2.34. The van der Waals surface area contributed by atoms with Crippen molar-refractivity contribution in [3.05, 3.63) is 23.7 Å². The second-order valence-electron chi connectivity index (χ2n) is 7.22. The van der Waals surface area contributed by atoms with Gasteiger partial charge in [-0.15, -0.1) is 0 Å². The molecule has 2 saturated heterocycles. The van der Waals surface area contributed by atoms with Crippen LogP contribution in [-0.4, -0.2) is 48.3 Å². The average molecular weight is 350 g/mol. The molecule has 0 bridgehead atoms. The van der Waals surface area contributed by atoms with Crippen LogP contribution in [0, 0.1) is 5.92 Å². The number of hydrogen-bond donors (Lipinski definition) is 2. The van der Waals surface area contributed by atoms with Crippen LogP contribution in [0.3, 0.4) is 0 Å². The Morgan fingerprint density at radius 2 is 2.04 bits per heavy atom. The molecule has 2 N–H and O–H groups in total. The van der Waals surface area contributed by atoms with E-state index >= 15 is 0 Å². The number of rotatable bonds is 8. The van der Waals surface area contributed by atoms with Gasteiger partial charge in [-0.05, 0) is 63.2 Å². The number of furan rings is 1. The molecule has 2 aliphatic heterocycles. The third-order valence-electron chi connectivity index (χ3n) is 5.29. The van der Waals surface area contributed by atoms with E-state index in [-0.39, 0.29) is 18.6 Å². The number of aliphatic hydroxyl groups excluding tert-OH is 1. The number of nitrogens with one attached hydrogen (secondary N) is 1. The molecule has 0 aromatic carbocycles. The van der Waals surface area contributed by atoms with E-state index in [1.54, 1.807) is 0 Å². The highest BCUT2D eigenvalue weighted by Gasteiger charge is 2.21. The molecule has 1 amide bonds. The zero-order chi connectivity index (χ0) is 17.5. The first-order chi connectivity index (χ1) is 12.2. The van der Waals surface area contributed by atoms with Crippen LogP contribution in [-0.2, 0) is 22.7 Å². The fraction of sp³-hybridized carbons (Fsp3) is 0.737. The van der Waals surface area contributed by atoms with Crippen molar-refractivity contribution in [1.82, 2.24) is 10.2 Å². The Bertz CT molecular complexity index is 531. The first kappa shape index (κ1) is 18.4. The molecule has 0 radical (unpaired) electrons. The summed E-state index contributed by atoms with van der Waals surface area (Å²) in [6.45, 7) is 4.33. The van der Waals surface area contributed by atoms with Crippen LogP contribution >= 0.6 is 0 Å². The summed E-state index contributed by atoms with van der Waals surface area (Å²) in [4.78, 5) is 14.4. The number of hydrogen-bond acceptors (Lipinski definition) is 5. The van der Waals surface area contributed by atoms with Gasteiger partial charge in [0.25, 0.3) is 0 Å². The number of carbonyl (C=O) groups is 1. The van der Waals surface area contributed by atoms with Gasteiger partial charge in [-0.3, -0.25) is 9.69 Å². The Labute approximate surface area is 149 Å². The molecule has 1 atom stereocenters. The summed E-state index contributed by atoms with van der Waals surface area (Å²) in [7, 11) is 0. The Kier molecular flexibility index (Phi) is 6.90. The molecule has 1 aromatic rings. The maximum absolute atomic E-state index is 12.0.